The monoisotopic (exact) mass is 302 g/mol. The number of hydrogen-bond acceptors (Lipinski definition) is 2. The maximum atomic E-state index is 12.2. The van der Waals surface area contributed by atoms with Crippen molar-refractivity contribution in [3.63, 3.8) is 0 Å². The highest BCUT2D eigenvalue weighted by atomic mass is 35.5. The average molecular weight is 303 g/mol. The Balaban J connectivity index is 2.26. The molecule has 0 aliphatic rings. The van der Waals surface area contributed by atoms with Gasteiger partial charge in [-0.25, -0.2) is 0 Å². The van der Waals surface area contributed by atoms with Crippen molar-refractivity contribution in [2.75, 3.05) is 11.9 Å². The summed E-state index contributed by atoms with van der Waals surface area (Å²) in [6.45, 7) is 2.36. The van der Waals surface area contributed by atoms with Crippen LogP contribution in [0.4, 0.5) is 5.69 Å². The lowest BCUT2D eigenvalue weighted by atomic mass is 10.1. The molecule has 0 radical (unpaired) electrons. The quantitative estimate of drug-likeness (QED) is 0.910. The van der Waals surface area contributed by atoms with E-state index in [-0.39, 0.29) is 11.8 Å². The Bertz CT molecular complexity index is 671. The Morgan fingerprint density at radius 2 is 1.57 bits per heavy atom. The minimum Gasteiger partial charge on any atom is -0.352 e. The van der Waals surface area contributed by atoms with Crippen LogP contribution in [-0.2, 0) is 0 Å². The largest absolute Gasteiger partial charge is 0.352 e. The van der Waals surface area contributed by atoms with E-state index in [9.17, 15) is 9.59 Å². The van der Waals surface area contributed by atoms with E-state index in [0.29, 0.717) is 28.4 Å². The van der Waals surface area contributed by atoms with Gasteiger partial charge in [0, 0.05) is 6.54 Å². The first-order chi connectivity index (χ1) is 10.1. The van der Waals surface area contributed by atoms with E-state index >= 15 is 0 Å². The fourth-order valence-corrected chi connectivity index (χ4v) is 2.10. The Morgan fingerprint density at radius 1 is 0.952 bits per heavy atom. The molecule has 0 heterocycles. The van der Waals surface area contributed by atoms with Crippen LogP contribution in [0.1, 0.15) is 27.6 Å². The molecule has 2 aromatic rings. The number of halogens is 1. The highest BCUT2D eigenvalue weighted by molar-refractivity contribution is 6.34. The average Bonchev–Trinajstić information content (AvgIpc) is 2.48. The van der Waals surface area contributed by atoms with Crippen molar-refractivity contribution < 1.29 is 9.59 Å². The molecule has 4 nitrogen and oxygen atoms in total. The first-order valence-electron chi connectivity index (χ1n) is 6.56. The van der Waals surface area contributed by atoms with Gasteiger partial charge in [0.15, 0.2) is 0 Å². The van der Waals surface area contributed by atoms with Gasteiger partial charge >= 0.3 is 0 Å². The molecule has 0 atom stereocenters. The summed E-state index contributed by atoms with van der Waals surface area (Å²) in [7, 11) is 0. The zero-order valence-corrected chi connectivity index (χ0v) is 12.3. The zero-order chi connectivity index (χ0) is 15.2. The third-order valence-corrected chi connectivity index (χ3v) is 3.21. The number of rotatable bonds is 4. The lowest BCUT2D eigenvalue weighted by molar-refractivity contribution is 0.0956. The normalized spacial score (nSPS) is 10.0. The maximum Gasteiger partial charge on any atom is 0.257 e. The van der Waals surface area contributed by atoms with Crippen LogP contribution in [-0.4, -0.2) is 18.4 Å². The van der Waals surface area contributed by atoms with Crippen LogP contribution < -0.4 is 10.6 Å². The molecular formula is C16H15ClN2O2. The summed E-state index contributed by atoms with van der Waals surface area (Å²) >= 11 is 6.00. The predicted octanol–water partition coefficient (Wildman–Crippen LogP) is 3.34. The summed E-state index contributed by atoms with van der Waals surface area (Å²) in [5.41, 5.74) is 1.23. The van der Waals surface area contributed by atoms with Crippen molar-refractivity contribution >= 4 is 29.1 Å². The molecule has 2 aromatic carbocycles. The van der Waals surface area contributed by atoms with Crippen molar-refractivity contribution in [2.24, 2.45) is 0 Å². The van der Waals surface area contributed by atoms with Crippen LogP contribution in [0.3, 0.4) is 0 Å². The lowest BCUT2D eigenvalue weighted by Gasteiger charge is -2.11. The van der Waals surface area contributed by atoms with E-state index in [2.05, 4.69) is 10.6 Å². The lowest BCUT2D eigenvalue weighted by Crippen LogP contribution is -2.24. The molecule has 0 unspecified atom stereocenters. The second kappa shape index (κ2) is 6.90. The third-order valence-electron chi connectivity index (χ3n) is 2.88. The van der Waals surface area contributed by atoms with Crippen LogP contribution >= 0.6 is 11.6 Å². The molecule has 0 saturated carbocycles. The minimum absolute atomic E-state index is 0.229. The minimum atomic E-state index is -0.350. The van der Waals surface area contributed by atoms with Crippen molar-refractivity contribution in [1.29, 1.82) is 0 Å². The van der Waals surface area contributed by atoms with E-state index in [4.69, 9.17) is 11.6 Å². The van der Waals surface area contributed by atoms with E-state index < -0.39 is 0 Å². The summed E-state index contributed by atoms with van der Waals surface area (Å²) in [4.78, 5) is 24.2. The molecule has 0 fully saturated rings. The Kier molecular flexibility index (Phi) is 4.95. The number of para-hydroxylation sites is 1. The van der Waals surface area contributed by atoms with Gasteiger partial charge in [0.25, 0.3) is 11.8 Å². The fourth-order valence-electron chi connectivity index (χ4n) is 1.88. The molecule has 0 aliphatic heterocycles. The fraction of sp³-hybridized carbons (Fsp3) is 0.125. The highest BCUT2D eigenvalue weighted by Crippen LogP contribution is 2.19. The van der Waals surface area contributed by atoms with Gasteiger partial charge in [-0.2, -0.15) is 0 Å². The van der Waals surface area contributed by atoms with Gasteiger partial charge in [-0.3, -0.25) is 9.59 Å². The van der Waals surface area contributed by atoms with Crippen LogP contribution in [0.2, 0.25) is 5.02 Å². The third kappa shape index (κ3) is 3.61. The van der Waals surface area contributed by atoms with E-state index in [0.717, 1.165) is 0 Å². The van der Waals surface area contributed by atoms with Gasteiger partial charge in [-0.05, 0) is 31.2 Å². The summed E-state index contributed by atoms with van der Waals surface area (Å²) in [6.07, 6.45) is 0. The number of anilines is 1. The standard InChI is InChI=1S/C16H15ClN2O2/c1-2-18-15(20)12-8-4-6-10-14(12)19-16(21)11-7-3-5-9-13(11)17/h3-10H,2H2,1H3,(H,18,20)(H,19,21). The molecule has 2 rings (SSSR count). The van der Waals surface area contributed by atoms with Crippen LogP contribution in [0.15, 0.2) is 48.5 Å². The number of amides is 2. The van der Waals surface area contributed by atoms with E-state index in [1.807, 2.05) is 6.92 Å². The highest BCUT2D eigenvalue weighted by Gasteiger charge is 2.14. The first kappa shape index (κ1) is 15.1. The second-order valence-electron chi connectivity index (χ2n) is 4.34. The van der Waals surface area contributed by atoms with Gasteiger partial charge in [-0.15, -0.1) is 0 Å². The van der Waals surface area contributed by atoms with Crippen molar-refractivity contribution in [3.05, 3.63) is 64.7 Å². The van der Waals surface area contributed by atoms with Gasteiger partial charge < -0.3 is 10.6 Å². The van der Waals surface area contributed by atoms with Gasteiger partial charge in [0.1, 0.15) is 0 Å². The maximum absolute atomic E-state index is 12.2. The van der Waals surface area contributed by atoms with Gasteiger partial charge in [0.2, 0.25) is 0 Å². The number of benzene rings is 2. The number of carbonyl (C=O) groups is 2. The second-order valence-corrected chi connectivity index (χ2v) is 4.75. The molecule has 108 valence electrons. The smallest absolute Gasteiger partial charge is 0.257 e. The topological polar surface area (TPSA) is 58.2 Å². The van der Waals surface area contributed by atoms with Crippen LogP contribution in [0, 0.1) is 0 Å². The molecule has 2 amide bonds. The van der Waals surface area contributed by atoms with Gasteiger partial charge in [-0.1, -0.05) is 35.9 Å². The number of hydrogen-bond donors (Lipinski definition) is 2. The molecule has 5 heteroatoms. The molecule has 21 heavy (non-hydrogen) atoms. The summed E-state index contributed by atoms with van der Waals surface area (Å²) in [6, 6.07) is 13.6. The van der Waals surface area contributed by atoms with Crippen LogP contribution in [0.25, 0.3) is 0 Å². The molecular weight excluding hydrogens is 288 g/mol. The molecule has 0 bridgehead atoms. The summed E-state index contributed by atoms with van der Waals surface area (Å²) < 4.78 is 0. The Labute approximate surface area is 128 Å². The van der Waals surface area contributed by atoms with Crippen molar-refractivity contribution in [2.45, 2.75) is 6.92 Å². The van der Waals surface area contributed by atoms with Gasteiger partial charge in [0.05, 0.1) is 21.8 Å². The summed E-state index contributed by atoms with van der Waals surface area (Å²) in [5.74, 6) is -0.579. The first-order valence-corrected chi connectivity index (χ1v) is 6.94. The van der Waals surface area contributed by atoms with Crippen molar-refractivity contribution in [3.8, 4) is 0 Å². The molecule has 0 aliphatic carbocycles. The molecule has 0 aromatic heterocycles. The number of nitrogens with one attached hydrogen (secondary N) is 2. The van der Waals surface area contributed by atoms with Crippen molar-refractivity contribution in [1.82, 2.24) is 5.32 Å². The van der Waals surface area contributed by atoms with E-state index in [1.54, 1.807) is 48.5 Å². The molecule has 2 N–H and O–H groups in total. The SMILES string of the molecule is CCNC(=O)c1ccccc1NC(=O)c1ccccc1Cl. The summed E-state index contributed by atoms with van der Waals surface area (Å²) in [5, 5.41) is 5.80. The van der Waals surface area contributed by atoms with E-state index in [1.165, 1.54) is 0 Å². The Morgan fingerprint density at radius 3 is 2.24 bits per heavy atom. The zero-order valence-electron chi connectivity index (χ0n) is 11.5. The van der Waals surface area contributed by atoms with Crippen LogP contribution in [0.5, 0.6) is 0 Å². The predicted molar refractivity (Wildman–Crippen MR) is 83.9 cm³/mol. The molecule has 0 saturated heterocycles. The molecule has 0 spiro atoms. The number of carbonyl (C=O) groups excluding carboxylic acids is 2. The Hall–Kier alpha value is -2.33.